The maximum atomic E-state index is 14.0. The van der Waals surface area contributed by atoms with Gasteiger partial charge in [0.05, 0.1) is 10.6 Å². The number of thiazole rings is 1. The number of Topliss-reactive ketones (excluding diaryl/α,β-unsaturated/α-hetero) is 1. The number of ketones is 1. The molecule has 0 aliphatic carbocycles. The van der Waals surface area contributed by atoms with Crippen molar-refractivity contribution in [3.8, 4) is 21.8 Å². The molecule has 0 atom stereocenters. The number of hydrogen-bond donors (Lipinski definition) is 0. The summed E-state index contributed by atoms with van der Waals surface area (Å²) in [4.78, 5) is 20.1. The predicted octanol–water partition coefficient (Wildman–Crippen LogP) is 4.49. The van der Waals surface area contributed by atoms with Crippen molar-refractivity contribution in [2.24, 2.45) is 0 Å². The molecule has 0 bridgehead atoms. The van der Waals surface area contributed by atoms with Gasteiger partial charge in [-0.2, -0.15) is 0 Å². The Morgan fingerprint density at radius 2 is 1.74 bits per heavy atom. The average Bonchev–Trinajstić information content (AvgIpc) is 2.99. The quantitative estimate of drug-likeness (QED) is 0.523. The van der Waals surface area contributed by atoms with Gasteiger partial charge < -0.3 is 0 Å². The highest BCUT2D eigenvalue weighted by Gasteiger charge is 2.23. The zero-order valence-corrected chi connectivity index (χ0v) is 12.6. The zero-order chi connectivity index (χ0) is 16.6. The van der Waals surface area contributed by atoms with Crippen molar-refractivity contribution in [1.82, 2.24) is 9.97 Å². The van der Waals surface area contributed by atoms with E-state index in [1.165, 1.54) is 6.92 Å². The molecule has 0 aliphatic rings. The van der Waals surface area contributed by atoms with Crippen LogP contribution < -0.4 is 0 Å². The summed E-state index contributed by atoms with van der Waals surface area (Å²) in [6.45, 7) is 1.31. The Labute approximate surface area is 133 Å². The number of halogens is 3. The minimum Gasteiger partial charge on any atom is -0.294 e. The second-order valence-corrected chi connectivity index (χ2v) is 5.71. The van der Waals surface area contributed by atoms with Gasteiger partial charge in [-0.3, -0.25) is 9.78 Å². The Morgan fingerprint density at radius 3 is 2.39 bits per heavy atom. The van der Waals surface area contributed by atoms with Crippen LogP contribution in [-0.4, -0.2) is 15.8 Å². The van der Waals surface area contributed by atoms with Crippen molar-refractivity contribution < 1.29 is 18.0 Å². The molecule has 0 saturated carbocycles. The fourth-order valence-corrected chi connectivity index (χ4v) is 3.05. The first kappa shape index (κ1) is 15.4. The summed E-state index contributed by atoms with van der Waals surface area (Å²) in [6.07, 6.45) is 3.12. The SMILES string of the molecule is CC(=O)c1sc(-c2ccncc2)nc1-c1ccc(F)c(F)c1F. The number of pyridine rings is 1. The summed E-state index contributed by atoms with van der Waals surface area (Å²) < 4.78 is 40.6. The van der Waals surface area contributed by atoms with Crippen LogP contribution in [0.4, 0.5) is 13.2 Å². The van der Waals surface area contributed by atoms with E-state index in [2.05, 4.69) is 9.97 Å². The van der Waals surface area contributed by atoms with Crippen LogP contribution in [0, 0.1) is 17.5 Å². The van der Waals surface area contributed by atoms with Crippen molar-refractivity contribution in [3.05, 3.63) is 59.0 Å². The first-order valence-corrected chi connectivity index (χ1v) is 7.36. The molecule has 3 nitrogen and oxygen atoms in total. The van der Waals surface area contributed by atoms with E-state index in [4.69, 9.17) is 0 Å². The molecule has 0 saturated heterocycles. The van der Waals surface area contributed by atoms with Gasteiger partial charge in [-0.05, 0) is 24.3 Å². The first-order valence-electron chi connectivity index (χ1n) is 6.55. The summed E-state index contributed by atoms with van der Waals surface area (Å²) in [5.41, 5.74) is 0.457. The number of aromatic nitrogens is 2. The summed E-state index contributed by atoms with van der Waals surface area (Å²) in [5.74, 6) is -4.57. The predicted molar refractivity (Wildman–Crippen MR) is 80.7 cm³/mol. The lowest BCUT2D eigenvalue weighted by atomic mass is 10.1. The third kappa shape index (κ3) is 2.75. The topological polar surface area (TPSA) is 42.9 Å². The molecule has 0 fully saturated rings. The van der Waals surface area contributed by atoms with Crippen LogP contribution in [0.25, 0.3) is 21.8 Å². The number of nitrogens with zero attached hydrogens (tertiary/aromatic N) is 2. The Morgan fingerprint density at radius 1 is 1.04 bits per heavy atom. The van der Waals surface area contributed by atoms with Crippen LogP contribution in [0.15, 0.2) is 36.7 Å². The second-order valence-electron chi connectivity index (χ2n) is 4.71. The summed E-state index contributed by atoms with van der Waals surface area (Å²) in [7, 11) is 0. The highest BCUT2D eigenvalue weighted by atomic mass is 32.1. The third-order valence-corrected chi connectivity index (χ3v) is 4.37. The minimum absolute atomic E-state index is 0.00529. The lowest BCUT2D eigenvalue weighted by molar-refractivity contribution is 0.102. The molecule has 0 unspecified atom stereocenters. The van der Waals surface area contributed by atoms with E-state index in [1.807, 2.05) is 0 Å². The maximum Gasteiger partial charge on any atom is 0.195 e. The molecule has 2 aromatic heterocycles. The molecule has 0 aliphatic heterocycles. The summed E-state index contributed by atoms with van der Waals surface area (Å²) in [6, 6.07) is 5.26. The van der Waals surface area contributed by atoms with Gasteiger partial charge in [-0.15, -0.1) is 11.3 Å². The maximum absolute atomic E-state index is 14.0. The Balaban J connectivity index is 2.22. The Bertz CT molecular complexity index is 894. The third-order valence-electron chi connectivity index (χ3n) is 3.16. The first-order chi connectivity index (χ1) is 11.0. The van der Waals surface area contributed by atoms with E-state index in [9.17, 15) is 18.0 Å². The van der Waals surface area contributed by atoms with Crippen LogP contribution in [0.1, 0.15) is 16.6 Å². The molecule has 2 heterocycles. The van der Waals surface area contributed by atoms with Crippen molar-refractivity contribution in [2.45, 2.75) is 6.92 Å². The number of benzene rings is 1. The molecule has 3 rings (SSSR count). The fraction of sp³-hybridized carbons (Fsp3) is 0.0625. The van der Waals surface area contributed by atoms with Gasteiger partial charge in [0.1, 0.15) is 5.01 Å². The molecular weight excluding hydrogens is 325 g/mol. The number of carbonyl (C=O) groups excluding carboxylic acids is 1. The van der Waals surface area contributed by atoms with Gasteiger partial charge in [-0.25, -0.2) is 18.2 Å². The summed E-state index contributed by atoms with van der Waals surface area (Å²) >= 11 is 1.06. The van der Waals surface area contributed by atoms with Crippen LogP contribution in [0.5, 0.6) is 0 Å². The van der Waals surface area contributed by atoms with E-state index in [1.54, 1.807) is 24.5 Å². The highest BCUT2D eigenvalue weighted by Crippen LogP contribution is 2.35. The van der Waals surface area contributed by atoms with Crippen LogP contribution in [-0.2, 0) is 0 Å². The molecule has 7 heteroatoms. The van der Waals surface area contributed by atoms with Gasteiger partial charge in [0.25, 0.3) is 0 Å². The van der Waals surface area contributed by atoms with Gasteiger partial charge in [0, 0.05) is 30.4 Å². The number of hydrogen-bond acceptors (Lipinski definition) is 4. The van der Waals surface area contributed by atoms with Crippen LogP contribution >= 0.6 is 11.3 Å². The van der Waals surface area contributed by atoms with Crippen molar-refractivity contribution in [2.75, 3.05) is 0 Å². The van der Waals surface area contributed by atoms with E-state index in [-0.39, 0.29) is 21.9 Å². The highest BCUT2D eigenvalue weighted by molar-refractivity contribution is 7.17. The van der Waals surface area contributed by atoms with Crippen molar-refractivity contribution >= 4 is 17.1 Å². The monoisotopic (exact) mass is 334 g/mol. The molecule has 0 N–H and O–H groups in total. The molecule has 3 aromatic rings. The molecule has 1 aromatic carbocycles. The largest absolute Gasteiger partial charge is 0.294 e. The zero-order valence-electron chi connectivity index (χ0n) is 11.8. The Hall–Kier alpha value is -2.54. The van der Waals surface area contributed by atoms with Crippen LogP contribution in [0.3, 0.4) is 0 Å². The Kier molecular flexibility index (Phi) is 3.96. The lowest BCUT2D eigenvalue weighted by Crippen LogP contribution is -1.98. The van der Waals surface area contributed by atoms with E-state index >= 15 is 0 Å². The standard InChI is InChI=1S/C16H9F3N2OS/c1-8(22)15-14(10-2-3-11(17)13(19)12(10)18)21-16(23-15)9-4-6-20-7-5-9/h2-7H,1H3. The second kappa shape index (κ2) is 5.92. The summed E-state index contributed by atoms with van der Waals surface area (Å²) in [5, 5.41) is 0.469. The molecule has 23 heavy (non-hydrogen) atoms. The molecule has 0 radical (unpaired) electrons. The lowest BCUT2D eigenvalue weighted by Gasteiger charge is -2.03. The smallest absolute Gasteiger partial charge is 0.195 e. The van der Waals surface area contributed by atoms with Crippen LogP contribution in [0.2, 0.25) is 0 Å². The van der Waals surface area contributed by atoms with Crippen molar-refractivity contribution in [3.63, 3.8) is 0 Å². The van der Waals surface area contributed by atoms with Gasteiger partial charge in [-0.1, -0.05) is 0 Å². The van der Waals surface area contributed by atoms with E-state index < -0.39 is 17.5 Å². The van der Waals surface area contributed by atoms with Crippen molar-refractivity contribution in [1.29, 1.82) is 0 Å². The average molecular weight is 334 g/mol. The van der Waals surface area contributed by atoms with Gasteiger partial charge in [0.15, 0.2) is 23.2 Å². The number of rotatable bonds is 3. The minimum atomic E-state index is -1.59. The molecule has 116 valence electrons. The van der Waals surface area contributed by atoms with Gasteiger partial charge >= 0.3 is 0 Å². The number of carbonyl (C=O) groups is 1. The normalized spacial score (nSPS) is 10.8. The fourth-order valence-electron chi connectivity index (χ4n) is 2.07. The van der Waals surface area contributed by atoms with E-state index in [0.29, 0.717) is 10.6 Å². The van der Waals surface area contributed by atoms with Gasteiger partial charge in [0.2, 0.25) is 0 Å². The molecule has 0 spiro atoms. The molecule has 0 amide bonds. The van der Waals surface area contributed by atoms with E-state index in [0.717, 1.165) is 23.5 Å². The molecular formula is C16H9F3N2OS.